The first-order valence-electron chi connectivity index (χ1n) is 4.45. The molecule has 2 heteroatoms. The van der Waals surface area contributed by atoms with Crippen molar-refractivity contribution in [3.05, 3.63) is 0 Å². The zero-order valence-electron chi connectivity index (χ0n) is 8.26. The van der Waals surface area contributed by atoms with Crippen LogP contribution in [0.25, 0.3) is 0 Å². The first kappa shape index (κ1) is 10.9. The second-order valence-corrected chi connectivity index (χ2v) is 3.07. The van der Waals surface area contributed by atoms with Crippen LogP contribution >= 0.6 is 0 Å². The fourth-order valence-corrected chi connectivity index (χ4v) is 1.19. The van der Waals surface area contributed by atoms with Crippen molar-refractivity contribution in [2.45, 2.75) is 33.2 Å². The summed E-state index contributed by atoms with van der Waals surface area (Å²) in [6.07, 6.45) is 1.14. The fraction of sp³-hybridized carbons (Fsp3) is 1.00. The van der Waals surface area contributed by atoms with Crippen LogP contribution in [0.1, 0.15) is 27.2 Å². The van der Waals surface area contributed by atoms with Gasteiger partial charge in [0.25, 0.3) is 0 Å². The van der Waals surface area contributed by atoms with E-state index in [9.17, 15) is 0 Å². The van der Waals surface area contributed by atoms with Gasteiger partial charge in [-0.25, -0.2) is 0 Å². The summed E-state index contributed by atoms with van der Waals surface area (Å²) >= 11 is 0. The van der Waals surface area contributed by atoms with Crippen LogP contribution in [0.2, 0.25) is 0 Å². The van der Waals surface area contributed by atoms with Gasteiger partial charge in [-0.3, -0.25) is 0 Å². The van der Waals surface area contributed by atoms with Gasteiger partial charge in [0, 0.05) is 26.3 Å². The average Bonchev–Trinajstić information content (AvgIpc) is 1.97. The lowest BCUT2D eigenvalue weighted by molar-refractivity contribution is 0.161. The Kier molecular flexibility index (Phi) is 6.57. The molecule has 0 aliphatic heterocycles. The Morgan fingerprint density at radius 1 is 1.36 bits per heavy atom. The van der Waals surface area contributed by atoms with Gasteiger partial charge in [0.05, 0.1) is 0 Å². The normalized spacial score (nSPS) is 11.5. The number of ether oxygens (including phenoxy) is 1. The Morgan fingerprint density at radius 3 is 2.36 bits per heavy atom. The maximum atomic E-state index is 4.99. The molecule has 0 heterocycles. The second kappa shape index (κ2) is 6.62. The largest absolute Gasteiger partial charge is 0.385 e. The Hall–Kier alpha value is -0.0800. The summed E-state index contributed by atoms with van der Waals surface area (Å²) in [5.74, 6) is 0. The van der Waals surface area contributed by atoms with E-state index in [1.807, 2.05) is 0 Å². The second-order valence-electron chi connectivity index (χ2n) is 3.07. The molecule has 2 nitrogen and oxygen atoms in total. The minimum atomic E-state index is 0.664. The SMILES string of the molecule is CCN(CCCOC)C(C)C. The monoisotopic (exact) mass is 159 g/mol. The first-order valence-corrected chi connectivity index (χ1v) is 4.45. The van der Waals surface area contributed by atoms with E-state index in [0.717, 1.165) is 26.1 Å². The molecule has 0 aromatic carbocycles. The number of hydrogen-bond donors (Lipinski definition) is 0. The van der Waals surface area contributed by atoms with Crippen LogP contribution in [0.5, 0.6) is 0 Å². The molecule has 0 N–H and O–H groups in total. The van der Waals surface area contributed by atoms with Gasteiger partial charge >= 0.3 is 0 Å². The highest BCUT2D eigenvalue weighted by Gasteiger charge is 2.04. The molecule has 0 aliphatic rings. The van der Waals surface area contributed by atoms with E-state index < -0.39 is 0 Å². The molecule has 0 spiro atoms. The number of hydrogen-bond acceptors (Lipinski definition) is 2. The highest BCUT2D eigenvalue weighted by molar-refractivity contribution is 4.59. The molecule has 0 aromatic heterocycles. The molecule has 0 saturated carbocycles. The van der Waals surface area contributed by atoms with Gasteiger partial charge in [-0.1, -0.05) is 6.92 Å². The fourth-order valence-electron chi connectivity index (χ4n) is 1.19. The average molecular weight is 159 g/mol. The topological polar surface area (TPSA) is 12.5 Å². The summed E-state index contributed by atoms with van der Waals surface area (Å²) in [7, 11) is 1.76. The molecular weight excluding hydrogens is 138 g/mol. The van der Waals surface area contributed by atoms with E-state index in [2.05, 4.69) is 25.7 Å². The van der Waals surface area contributed by atoms with Gasteiger partial charge in [0.1, 0.15) is 0 Å². The van der Waals surface area contributed by atoms with Crippen LogP contribution in [-0.4, -0.2) is 37.7 Å². The lowest BCUT2D eigenvalue weighted by Gasteiger charge is -2.24. The van der Waals surface area contributed by atoms with Crippen molar-refractivity contribution < 1.29 is 4.74 Å². The number of rotatable bonds is 6. The highest BCUT2D eigenvalue weighted by atomic mass is 16.5. The van der Waals surface area contributed by atoms with Crippen LogP contribution in [0, 0.1) is 0 Å². The summed E-state index contributed by atoms with van der Waals surface area (Å²) in [5, 5.41) is 0. The third-order valence-corrected chi connectivity index (χ3v) is 1.93. The third-order valence-electron chi connectivity index (χ3n) is 1.93. The van der Waals surface area contributed by atoms with E-state index >= 15 is 0 Å². The van der Waals surface area contributed by atoms with Gasteiger partial charge in [0.15, 0.2) is 0 Å². The summed E-state index contributed by atoms with van der Waals surface area (Å²) in [6, 6.07) is 0.664. The van der Waals surface area contributed by atoms with Gasteiger partial charge in [-0.15, -0.1) is 0 Å². The van der Waals surface area contributed by atoms with Crippen molar-refractivity contribution in [1.82, 2.24) is 4.90 Å². The minimum absolute atomic E-state index is 0.664. The standard InChI is InChI=1S/C9H21NO/c1-5-10(9(2)3)7-6-8-11-4/h9H,5-8H2,1-4H3. The van der Waals surface area contributed by atoms with Gasteiger partial charge < -0.3 is 9.64 Å². The summed E-state index contributed by atoms with van der Waals surface area (Å²) in [6.45, 7) is 9.84. The summed E-state index contributed by atoms with van der Waals surface area (Å²) in [5.41, 5.74) is 0. The molecule has 0 saturated heterocycles. The van der Waals surface area contributed by atoms with Crippen molar-refractivity contribution in [2.24, 2.45) is 0 Å². The van der Waals surface area contributed by atoms with E-state index in [1.165, 1.54) is 0 Å². The summed E-state index contributed by atoms with van der Waals surface area (Å²) in [4.78, 5) is 2.44. The van der Waals surface area contributed by atoms with Crippen molar-refractivity contribution in [1.29, 1.82) is 0 Å². The molecule has 0 aliphatic carbocycles. The molecule has 0 radical (unpaired) electrons. The Bertz CT molecular complexity index is 83.6. The lowest BCUT2D eigenvalue weighted by atomic mass is 10.3. The molecule has 0 fully saturated rings. The van der Waals surface area contributed by atoms with Gasteiger partial charge in [-0.2, -0.15) is 0 Å². The van der Waals surface area contributed by atoms with Crippen molar-refractivity contribution >= 4 is 0 Å². The van der Waals surface area contributed by atoms with E-state index in [-0.39, 0.29) is 0 Å². The Balaban J connectivity index is 3.36. The predicted octanol–water partition coefficient (Wildman–Crippen LogP) is 1.75. The van der Waals surface area contributed by atoms with Crippen LogP contribution < -0.4 is 0 Å². The summed E-state index contributed by atoms with van der Waals surface area (Å²) < 4.78 is 4.99. The molecule has 0 rings (SSSR count). The van der Waals surface area contributed by atoms with E-state index in [1.54, 1.807) is 7.11 Å². The zero-order chi connectivity index (χ0) is 8.69. The van der Waals surface area contributed by atoms with Crippen molar-refractivity contribution in [3.8, 4) is 0 Å². The van der Waals surface area contributed by atoms with Gasteiger partial charge in [-0.05, 0) is 26.8 Å². The van der Waals surface area contributed by atoms with E-state index in [0.29, 0.717) is 6.04 Å². The molecule has 11 heavy (non-hydrogen) atoms. The molecule has 0 atom stereocenters. The van der Waals surface area contributed by atoms with Crippen LogP contribution in [-0.2, 0) is 4.74 Å². The van der Waals surface area contributed by atoms with E-state index in [4.69, 9.17) is 4.74 Å². The zero-order valence-corrected chi connectivity index (χ0v) is 8.26. The molecule has 0 aromatic rings. The molecule has 0 unspecified atom stereocenters. The number of nitrogens with zero attached hydrogens (tertiary/aromatic N) is 1. The first-order chi connectivity index (χ1) is 5.22. The highest BCUT2D eigenvalue weighted by Crippen LogP contribution is 1.98. The lowest BCUT2D eigenvalue weighted by Crippen LogP contribution is -2.31. The predicted molar refractivity (Wildman–Crippen MR) is 48.9 cm³/mol. The maximum absolute atomic E-state index is 4.99. The van der Waals surface area contributed by atoms with Gasteiger partial charge in [0.2, 0.25) is 0 Å². The molecular formula is C9H21NO. The molecule has 68 valence electrons. The third kappa shape index (κ3) is 5.22. The smallest absolute Gasteiger partial charge is 0.0474 e. The van der Waals surface area contributed by atoms with Crippen LogP contribution in [0.3, 0.4) is 0 Å². The van der Waals surface area contributed by atoms with Crippen LogP contribution in [0.15, 0.2) is 0 Å². The maximum Gasteiger partial charge on any atom is 0.0474 e. The Labute approximate surface area is 70.5 Å². The van der Waals surface area contributed by atoms with Crippen molar-refractivity contribution in [2.75, 3.05) is 26.8 Å². The quantitative estimate of drug-likeness (QED) is 0.547. The van der Waals surface area contributed by atoms with Crippen molar-refractivity contribution in [3.63, 3.8) is 0 Å². The Morgan fingerprint density at radius 2 is 2.00 bits per heavy atom. The minimum Gasteiger partial charge on any atom is -0.385 e. The van der Waals surface area contributed by atoms with Crippen LogP contribution in [0.4, 0.5) is 0 Å². The molecule has 0 amide bonds. The molecule has 0 bridgehead atoms. The number of methoxy groups -OCH3 is 1.